The molecule has 0 aliphatic rings. The van der Waals surface area contributed by atoms with E-state index < -0.39 is 0 Å². The van der Waals surface area contributed by atoms with Crippen LogP contribution in [-0.4, -0.2) is 43.0 Å². The second kappa shape index (κ2) is 9.70. The van der Waals surface area contributed by atoms with Crippen molar-refractivity contribution in [2.75, 3.05) is 32.1 Å². The smallest absolute Gasteiger partial charge is 0.260 e. The lowest BCUT2D eigenvalue weighted by Gasteiger charge is -2.21. The summed E-state index contributed by atoms with van der Waals surface area (Å²) in [5, 5.41) is 1.31. The van der Waals surface area contributed by atoms with Gasteiger partial charge in [0.25, 0.3) is 5.91 Å². The average Bonchev–Trinajstić information content (AvgIpc) is 3.05. The number of aryl methyl sites for hydroxylation is 2. The Balaban J connectivity index is 0.00000280. The van der Waals surface area contributed by atoms with Crippen molar-refractivity contribution in [2.24, 2.45) is 0 Å². The number of amides is 1. The summed E-state index contributed by atoms with van der Waals surface area (Å²) in [4.78, 5) is 21.9. The molecule has 4 nitrogen and oxygen atoms in total. The zero-order valence-corrected chi connectivity index (χ0v) is 18.9. The maximum absolute atomic E-state index is 13.3. The van der Waals surface area contributed by atoms with Crippen molar-refractivity contribution >= 4 is 56.6 Å². The van der Waals surface area contributed by atoms with Crippen LogP contribution in [0, 0.1) is 13.8 Å². The number of nitrogens with zero attached hydrogens (tertiary/aromatic N) is 3. The normalized spacial score (nSPS) is 10.9. The summed E-state index contributed by atoms with van der Waals surface area (Å²) < 4.78 is 0.989. The van der Waals surface area contributed by atoms with Crippen LogP contribution < -0.4 is 4.90 Å². The van der Waals surface area contributed by atoms with E-state index in [1.165, 1.54) is 16.9 Å². The molecule has 28 heavy (non-hydrogen) atoms. The minimum atomic E-state index is -0.0213. The van der Waals surface area contributed by atoms with Gasteiger partial charge in [0, 0.05) is 12.1 Å². The van der Waals surface area contributed by atoms with Gasteiger partial charge < -0.3 is 4.90 Å². The molecule has 0 N–H and O–H groups in total. The van der Waals surface area contributed by atoms with Crippen molar-refractivity contribution < 1.29 is 4.79 Å². The predicted molar refractivity (Wildman–Crippen MR) is 123 cm³/mol. The Morgan fingerprint density at radius 3 is 2.50 bits per heavy atom. The van der Waals surface area contributed by atoms with Crippen LogP contribution in [0.5, 0.6) is 0 Å². The molecule has 0 saturated carbocycles. The summed E-state index contributed by atoms with van der Waals surface area (Å²) in [5.41, 5.74) is 3.73. The second-order valence-corrected chi connectivity index (χ2v) is 8.41. The highest BCUT2D eigenvalue weighted by molar-refractivity contribution is 7.22. The number of hydrogen-bond acceptors (Lipinski definition) is 4. The number of fused-ring (bicyclic) bond motifs is 1. The molecule has 0 bridgehead atoms. The van der Waals surface area contributed by atoms with E-state index in [4.69, 9.17) is 11.6 Å². The molecular weight excluding hydrogens is 413 g/mol. The fourth-order valence-electron chi connectivity index (χ4n) is 2.88. The maximum atomic E-state index is 13.3. The van der Waals surface area contributed by atoms with Crippen LogP contribution in [0.2, 0.25) is 5.02 Å². The minimum Gasteiger partial charge on any atom is -0.309 e. The molecule has 0 spiro atoms. The molecule has 3 rings (SSSR count). The van der Waals surface area contributed by atoms with Crippen LogP contribution in [0.25, 0.3) is 10.2 Å². The van der Waals surface area contributed by atoms with Crippen LogP contribution in [0.15, 0.2) is 36.4 Å². The first kappa shape index (κ1) is 22.6. The van der Waals surface area contributed by atoms with Gasteiger partial charge in [0.05, 0.1) is 9.72 Å². The highest BCUT2D eigenvalue weighted by Crippen LogP contribution is 2.33. The number of carbonyl (C=O) groups excluding carboxylic acids is 1. The zero-order valence-electron chi connectivity index (χ0n) is 16.5. The number of carbonyl (C=O) groups is 1. The molecule has 150 valence electrons. The fourth-order valence-corrected chi connectivity index (χ4v) is 4.17. The van der Waals surface area contributed by atoms with Gasteiger partial charge in [0.15, 0.2) is 5.13 Å². The van der Waals surface area contributed by atoms with Crippen LogP contribution in [0.4, 0.5) is 5.13 Å². The molecule has 0 unspecified atom stereocenters. The molecule has 0 aliphatic carbocycles. The van der Waals surface area contributed by atoms with Gasteiger partial charge in [-0.1, -0.05) is 35.1 Å². The summed E-state index contributed by atoms with van der Waals surface area (Å²) in [6.45, 7) is 5.59. The number of aromatic nitrogens is 1. The van der Waals surface area contributed by atoms with Crippen molar-refractivity contribution in [3.05, 3.63) is 58.1 Å². The number of thiazole rings is 1. The average molecular weight is 438 g/mol. The molecule has 7 heteroatoms. The third-order valence-electron chi connectivity index (χ3n) is 4.58. The quantitative estimate of drug-likeness (QED) is 0.504. The molecule has 1 aromatic heterocycles. The maximum Gasteiger partial charge on any atom is 0.260 e. The number of benzene rings is 2. The Morgan fingerprint density at radius 2 is 1.86 bits per heavy atom. The molecule has 2 aromatic carbocycles. The summed E-state index contributed by atoms with van der Waals surface area (Å²) in [6.07, 6.45) is 0.868. The first-order chi connectivity index (χ1) is 12.9. The number of anilines is 1. The van der Waals surface area contributed by atoms with Crippen LogP contribution in [-0.2, 0) is 0 Å². The van der Waals surface area contributed by atoms with E-state index in [0.29, 0.717) is 22.3 Å². The Morgan fingerprint density at radius 1 is 1.11 bits per heavy atom. The van der Waals surface area contributed by atoms with Gasteiger partial charge in [-0.15, -0.1) is 12.4 Å². The number of halogens is 2. The van der Waals surface area contributed by atoms with Crippen LogP contribution >= 0.6 is 35.3 Å². The van der Waals surface area contributed by atoms with Gasteiger partial charge in [0.1, 0.15) is 5.52 Å². The van der Waals surface area contributed by atoms with Crippen LogP contribution in [0.1, 0.15) is 27.9 Å². The monoisotopic (exact) mass is 437 g/mol. The molecule has 0 atom stereocenters. The van der Waals surface area contributed by atoms with Crippen molar-refractivity contribution in [1.82, 2.24) is 9.88 Å². The lowest BCUT2D eigenvalue weighted by Crippen LogP contribution is -2.33. The van der Waals surface area contributed by atoms with Gasteiger partial charge in [-0.2, -0.15) is 0 Å². The van der Waals surface area contributed by atoms with Crippen molar-refractivity contribution in [3.8, 4) is 0 Å². The highest BCUT2D eigenvalue weighted by Gasteiger charge is 2.22. The van der Waals surface area contributed by atoms with E-state index in [1.54, 1.807) is 4.90 Å². The highest BCUT2D eigenvalue weighted by atomic mass is 35.5. The van der Waals surface area contributed by atoms with Crippen molar-refractivity contribution in [1.29, 1.82) is 0 Å². The largest absolute Gasteiger partial charge is 0.309 e. The standard InChI is InChI=1S/C21H24ClN3OS.ClH/c1-14-9-10-16(13-15(14)2)20(26)25(12-6-11-24(3)4)21-23-19-17(22)7-5-8-18(19)27-21;/h5,7-10,13H,6,11-12H2,1-4H3;1H. The Hall–Kier alpha value is -1.66. The Kier molecular flexibility index (Phi) is 7.84. The predicted octanol–water partition coefficient (Wildman–Crippen LogP) is 5.59. The second-order valence-electron chi connectivity index (χ2n) is 7.00. The minimum absolute atomic E-state index is 0. The fraction of sp³-hybridized carbons (Fsp3) is 0.333. The van der Waals surface area contributed by atoms with Gasteiger partial charge in [-0.3, -0.25) is 9.69 Å². The van der Waals surface area contributed by atoms with Gasteiger partial charge >= 0.3 is 0 Å². The van der Waals surface area contributed by atoms with Gasteiger partial charge in [-0.05, 0) is 76.3 Å². The van der Waals surface area contributed by atoms with E-state index in [2.05, 4.69) is 9.88 Å². The summed E-state index contributed by atoms with van der Waals surface area (Å²) >= 11 is 7.79. The lowest BCUT2D eigenvalue weighted by molar-refractivity contribution is 0.0986. The van der Waals surface area contributed by atoms with Gasteiger partial charge in [0.2, 0.25) is 0 Å². The number of para-hydroxylation sites is 1. The SMILES string of the molecule is Cc1ccc(C(=O)N(CCCN(C)C)c2nc3c(Cl)cccc3s2)cc1C.Cl. The third kappa shape index (κ3) is 5.03. The molecular formula is C21H25Cl2N3OS. The topological polar surface area (TPSA) is 36.4 Å². The molecule has 0 saturated heterocycles. The van der Waals surface area contributed by atoms with E-state index in [1.807, 2.05) is 64.3 Å². The molecule has 1 heterocycles. The van der Waals surface area contributed by atoms with E-state index in [0.717, 1.165) is 28.7 Å². The first-order valence-corrected chi connectivity index (χ1v) is 10.1. The summed E-state index contributed by atoms with van der Waals surface area (Å²) in [5.74, 6) is -0.0213. The number of rotatable bonds is 6. The van der Waals surface area contributed by atoms with E-state index in [-0.39, 0.29) is 18.3 Å². The molecule has 0 radical (unpaired) electrons. The Labute approximate surface area is 181 Å². The molecule has 0 aliphatic heterocycles. The lowest BCUT2D eigenvalue weighted by atomic mass is 10.1. The van der Waals surface area contributed by atoms with Crippen LogP contribution in [0.3, 0.4) is 0 Å². The molecule has 0 fully saturated rings. The van der Waals surface area contributed by atoms with Crippen molar-refractivity contribution in [2.45, 2.75) is 20.3 Å². The third-order valence-corrected chi connectivity index (χ3v) is 5.92. The zero-order chi connectivity index (χ0) is 19.6. The molecule has 3 aromatic rings. The van der Waals surface area contributed by atoms with Gasteiger partial charge in [-0.25, -0.2) is 4.98 Å². The number of hydrogen-bond donors (Lipinski definition) is 0. The van der Waals surface area contributed by atoms with E-state index >= 15 is 0 Å². The van der Waals surface area contributed by atoms with Crippen molar-refractivity contribution in [3.63, 3.8) is 0 Å². The first-order valence-electron chi connectivity index (χ1n) is 8.95. The summed E-state index contributed by atoms with van der Waals surface area (Å²) in [7, 11) is 4.07. The summed E-state index contributed by atoms with van der Waals surface area (Å²) in [6, 6.07) is 11.6. The Bertz CT molecular complexity index is 971. The van der Waals surface area contributed by atoms with E-state index in [9.17, 15) is 4.79 Å². The molecule has 1 amide bonds.